The first-order valence-corrected chi connectivity index (χ1v) is 6.01. The first kappa shape index (κ1) is 13.9. The third-order valence-electron chi connectivity index (χ3n) is 3.19. The summed E-state index contributed by atoms with van der Waals surface area (Å²) in [5.41, 5.74) is 1.32. The van der Waals surface area contributed by atoms with Gasteiger partial charge in [0, 0.05) is 17.9 Å². The number of nitrogens with zero attached hydrogens (tertiary/aromatic N) is 1. The van der Waals surface area contributed by atoms with Crippen LogP contribution in [0.25, 0.3) is 16.7 Å². The summed E-state index contributed by atoms with van der Waals surface area (Å²) in [5.74, 6) is -0.442. The van der Waals surface area contributed by atoms with Gasteiger partial charge in [0.05, 0.1) is 18.2 Å². The number of rotatable bonds is 3. The monoisotopic (exact) mass is 273 g/mol. The zero-order valence-corrected chi connectivity index (χ0v) is 11.6. The smallest absolute Gasteiger partial charge is 0.230 e. The van der Waals surface area contributed by atoms with Gasteiger partial charge in [-0.15, -0.1) is 0 Å². The van der Waals surface area contributed by atoms with E-state index in [1.54, 1.807) is 18.2 Å². The number of aromatic hydroxyl groups is 1. The molecule has 1 aromatic heterocycles. The maximum absolute atomic E-state index is 11.7. The molecule has 0 amide bonds. The summed E-state index contributed by atoms with van der Waals surface area (Å²) in [6.07, 6.45) is 0. The lowest BCUT2D eigenvalue weighted by molar-refractivity contribution is 0.0932. The number of carbonyl (C=O) groups excluding carboxylic acids is 2. The third-order valence-corrected chi connectivity index (χ3v) is 3.19. The molecule has 104 valence electrons. The minimum Gasteiger partial charge on any atom is -0.497 e. The number of Topliss-reactive ketones (excluding diaryl/α,β-unsaturated/α-hetero) is 1. The number of ether oxygens (including phenoxy) is 1. The molecule has 1 aromatic carbocycles. The van der Waals surface area contributed by atoms with E-state index >= 15 is 0 Å². The fourth-order valence-electron chi connectivity index (χ4n) is 2.19. The molecule has 1 N–H and O–H groups in total. The Balaban J connectivity index is 2.91. The van der Waals surface area contributed by atoms with Gasteiger partial charge < -0.3 is 9.84 Å². The van der Waals surface area contributed by atoms with Crippen molar-refractivity contribution in [3.8, 4) is 5.88 Å². The van der Waals surface area contributed by atoms with Crippen LogP contribution in [0.5, 0.6) is 5.88 Å². The van der Waals surface area contributed by atoms with Crippen molar-refractivity contribution in [3.05, 3.63) is 35.9 Å². The van der Waals surface area contributed by atoms with Gasteiger partial charge in [0.2, 0.25) is 11.8 Å². The topological polar surface area (TPSA) is 68.5 Å². The molecule has 2 aromatic rings. The van der Waals surface area contributed by atoms with Crippen LogP contribution in [-0.4, -0.2) is 28.5 Å². The van der Waals surface area contributed by atoms with E-state index < -0.39 is 0 Å². The second kappa shape index (κ2) is 4.85. The standard InChI is InChI=1S/C15H15NO4/c1-8(17)11-5-6-13-12(7-11)14(9(2)20-4)15(19)16(13)10(3)18/h5-7,19H,2H2,1,3-4H3. The molecule has 0 radical (unpaired) electrons. The maximum atomic E-state index is 11.7. The molecule has 0 saturated heterocycles. The van der Waals surface area contributed by atoms with E-state index in [0.717, 1.165) is 0 Å². The summed E-state index contributed by atoms with van der Waals surface area (Å²) < 4.78 is 6.22. The second-order valence-corrected chi connectivity index (χ2v) is 4.47. The van der Waals surface area contributed by atoms with Gasteiger partial charge in [-0.1, -0.05) is 6.58 Å². The molecule has 1 heterocycles. The van der Waals surface area contributed by atoms with Gasteiger partial charge in [0.15, 0.2) is 5.78 Å². The van der Waals surface area contributed by atoms with Crippen LogP contribution in [-0.2, 0) is 4.74 Å². The van der Waals surface area contributed by atoms with E-state index in [9.17, 15) is 14.7 Å². The van der Waals surface area contributed by atoms with Gasteiger partial charge in [0.1, 0.15) is 5.76 Å². The molecule has 0 fully saturated rings. The van der Waals surface area contributed by atoms with Crippen molar-refractivity contribution in [3.63, 3.8) is 0 Å². The second-order valence-electron chi connectivity index (χ2n) is 4.47. The summed E-state index contributed by atoms with van der Waals surface area (Å²) >= 11 is 0. The Hall–Kier alpha value is -2.56. The highest BCUT2D eigenvalue weighted by molar-refractivity contribution is 6.05. The molecule has 0 saturated carbocycles. The Morgan fingerprint density at radius 1 is 1.30 bits per heavy atom. The van der Waals surface area contributed by atoms with Crippen molar-refractivity contribution in [2.45, 2.75) is 13.8 Å². The minimum absolute atomic E-state index is 0.101. The van der Waals surface area contributed by atoms with Gasteiger partial charge in [-0.25, -0.2) is 0 Å². The number of methoxy groups -OCH3 is 1. The number of hydrogen-bond donors (Lipinski definition) is 1. The highest BCUT2D eigenvalue weighted by atomic mass is 16.5. The molecule has 0 spiro atoms. The lowest BCUT2D eigenvalue weighted by Gasteiger charge is -2.04. The van der Waals surface area contributed by atoms with Gasteiger partial charge in [0.25, 0.3) is 0 Å². The van der Waals surface area contributed by atoms with Crippen molar-refractivity contribution in [1.29, 1.82) is 0 Å². The number of carbonyl (C=O) groups is 2. The van der Waals surface area contributed by atoms with E-state index in [4.69, 9.17) is 4.74 Å². The number of aromatic nitrogens is 1. The Labute approximate surface area is 116 Å². The predicted molar refractivity (Wildman–Crippen MR) is 76.0 cm³/mol. The molecule has 2 rings (SSSR count). The zero-order valence-electron chi connectivity index (χ0n) is 11.6. The van der Waals surface area contributed by atoms with Crippen LogP contribution < -0.4 is 0 Å². The average molecular weight is 273 g/mol. The molecule has 0 bridgehead atoms. The number of hydrogen-bond acceptors (Lipinski definition) is 4. The third kappa shape index (κ3) is 1.97. The SMILES string of the molecule is C=C(OC)c1c(O)n(C(C)=O)c2ccc(C(C)=O)cc12. The zero-order chi connectivity index (χ0) is 15.0. The number of ketones is 1. The summed E-state index contributed by atoms with van der Waals surface area (Å²) in [5, 5.41) is 10.8. The first-order chi connectivity index (χ1) is 9.38. The normalized spacial score (nSPS) is 10.6. The van der Waals surface area contributed by atoms with Crippen LogP contribution in [0.1, 0.15) is 34.6 Å². The molecule has 5 nitrogen and oxygen atoms in total. The van der Waals surface area contributed by atoms with Crippen molar-refractivity contribution >= 4 is 28.4 Å². The number of fused-ring (bicyclic) bond motifs is 1. The van der Waals surface area contributed by atoms with Crippen molar-refractivity contribution in [2.24, 2.45) is 0 Å². The van der Waals surface area contributed by atoms with E-state index in [2.05, 4.69) is 6.58 Å². The Bertz CT molecular complexity index is 740. The van der Waals surface area contributed by atoms with Crippen molar-refractivity contribution in [2.75, 3.05) is 7.11 Å². The fraction of sp³-hybridized carbons (Fsp3) is 0.200. The summed E-state index contributed by atoms with van der Waals surface area (Å²) in [6.45, 7) is 6.51. The highest BCUT2D eigenvalue weighted by Gasteiger charge is 2.22. The van der Waals surface area contributed by atoms with Crippen LogP contribution in [0.2, 0.25) is 0 Å². The Kier molecular flexibility index (Phi) is 3.36. The largest absolute Gasteiger partial charge is 0.497 e. The van der Waals surface area contributed by atoms with Gasteiger partial charge in [-0.05, 0) is 25.1 Å². The Morgan fingerprint density at radius 2 is 1.95 bits per heavy atom. The molecule has 20 heavy (non-hydrogen) atoms. The highest BCUT2D eigenvalue weighted by Crippen LogP contribution is 2.36. The van der Waals surface area contributed by atoms with Gasteiger partial charge >= 0.3 is 0 Å². The van der Waals surface area contributed by atoms with Gasteiger partial charge in [-0.2, -0.15) is 0 Å². The average Bonchev–Trinajstić information content (AvgIpc) is 2.68. The quantitative estimate of drug-likeness (QED) is 0.689. The lowest BCUT2D eigenvalue weighted by atomic mass is 10.1. The van der Waals surface area contributed by atoms with Crippen molar-refractivity contribution < 1.29 is 19.4 Å². The van der Waals surface area contributed by atoms with Crippen LogP contribution in [0, 0.1) is 0 Å². The first-order valence-electron chi connectivity index (χ1n) is 6.01. The molecule has 5 heteroatoms. The molecule has 0 aliphatic rings. The molecule has 0 aliphatic heterocycles. The molecule has 0 unspecified atom stereocenters. The molecule has 0 atom stereocenters. The molecule has 0 aliphatic carbocycles. The maximum Gasteiger partial charge on any atom is 0.230 e. The van der Waals surface area contributed by atoms with Gasteiger partial charge in [-0.3, -0.25) is 14.2 Å². The summed E-state index contributed by atoms with van der Waals surface area (Å²) in [6, 6.07) is 4.86. The minimum atomic E-state index is -0.335. The van der Waals surface area contributed by atoms with Crippen molar-refractivity contribution in [1.82, 2.24) is 4.57 Å². The van der Waals surface area contributed by atoms with E-state index in [-0.39, 0.29) is 23.3 Å². The lowest BCUT2D eigenvalue weighted by Crippen LogP contribution is -2.04. The van der Waals surface area contributed by atoms with E-state index in [1.165, 1.54) is 25.5 Å². The fourth-order valence-corrected chi connectivity index (χ4v) is 2.19. The summed E-state index contributed by atoms with van der Waals surface area (Å²) in [7, 11) is 1.42. The number of benzene rings is 1. The Morgan fingerprint density at radius 3 is 2.45 bits per heavy atom. The van der Waals surface area contributed by atoms with E-state index in [0.29, 0.717) is 22.0 Å². The van der Waals surface area contributed by atoms with E-state index in [1.807, 2.05) is 0 Å². The molecular formula is C15H15NO4. The molecular weight excluding hydrogens is 258 g/mol. The van der Waals surface area contributed by atoms with Crippen LogP contribution in [0.3, 0.4) is 0 Å². The summed E-state index contributed by atoms with van der Waals surface area (Å²) in [4.78, 5) is 23.2. The van der Waals surface area contributed by atoms with Crippen LogP contribution >= 0.6 is 0 Å². The van der Waals surface area contributed by atoms with Crippen LogP contribution in [0.4, 0.5) is 0 Å². The predicted octanol–water partition coefficient (Wildman–Crippen LogP) is 2.83. The van der Waals surface area contributed by atoms with Crippen LogP contribution in [0.15, 0.2) is 24.8 Å².